The molecule has 0 bridgehead atoms. The van der Waals surface area contributed by atoms with E-state index in [1.54, 1.807) is 7.11 Å². The second kappa shape index (κ2) is 8.35. The topological polar surface area (TPSA) is 37.4 Å². The Bertz CT molecular complexity index is 434. The van der Waals surface area contributed by atoms with Gasteiger partial charge in [0.05, 0.1) is 12.8 Å². The molecule has 0 aliphatic carbocycles. The van der Waals surface area contributed by atoms with E-state index in [1.165, 1.54) is 6.42 Å². The zero-order valence-corrected chi connectivity index (χ0v) is 14.7. The lowest BCUT2D eigenvalue weighted by molar-refractivity contribution is 0.304. The second-order valence-corrected chi connectivity index (χ2v) is 6.52. The van der Waals surface area contributed by atoms with Gasteiger partial charge in [-0.2, -0.15) is 0 Å². The molecule has 4 heteroatoms. The zero-order valence-electron chi connectivity index (χ0n) is 14.7. The lowest BCUT2D eigenvalue weighted by Gasteiger charge is -2.24. The fourth-order valence-corrected chi connectivity index (χ4v) is 2.72. The van der Waals surface area contributed by atoms with Crippen molar-refractivity contribution in [2.24, 2.45) is 5.92 Å². The molecule has 0 aliphatic rings. The van der Waals surface area contributed by atoms with Crippen LogP contribution in [-0.2, 0) is 6.54 Å². The number of nitrogens with zero attached hydrogens (tertiary/aromatic N) is 2. The van der Waals surface area contributed by atoms with Gasteiger partial charge in [0.15, 0.2) is 0 Å². The van der Waals surface area contributed by atoms with Gasteiger partial charge in [-0.1, -0.05) is 13.8 Å². The summed E-state index contributed by atoms with van der Waals surface area (Å²) in [5.41, 5.74) is 3.30. The molecule has 0 amide bonds. The van der Waals surface area contributed by atoms with Crippen LogP contribution in [-0.4, -0.2) is 43.7 Å². The van der Waals surface area contributed by atoms with Crippen LogP contribution in [0.3, 0.4) is 0 Å². The number of pyridine rings is 1. The van der Waals surface area contributed by atoms with Crippen molar-refractivity contribution in [3.63, 3.8) is 0 Å². The van der Waals surface area contributed by atoms with Crippen LogP contribution in [0.2, 0.25) is 0 Å². The van der Waals surface area contributed by atoms with Gasteiger partial charge in [-0.15, -0.1) is 0 Å². The van der Waals surface area contributed by atoms with Gasteiger partial charge < -0.3 is 15.0 Å². The fourth-order valence-electron chi connectivity index (χ4n) is 2.72. The van der Waals surface area contributed by atoms with Crippen LogP contribution in [0.4, 0.5) is 0 Å². The number of ether oxygens (including phenoxy) is 1. The highest BCUT2D eigenvalue weighted by molar-refractivity contribution is 5.40. The molecular formula is C17H31N3O. The van der Waals surface area contributed by atoms with Crippen LogP contribution in [0, 0.1) is 19.8 Å². The van der Waals surface area contributed by atoms with Gasteiger partial charge in [-0.3, -0.25) is 4.98 Å². The monoisotopic (exact) mass is 293 g/mol. The predicted molar refractivity (Wildman–Crippen MR) is 88.9 cm³/mol. The SMILES string of the molecule is COc1c(C)cnc(CNC(CC(C)C)CN(C)C)c1C. The van der Waals surface area contributed by atoms with Crippen molar-refractivity contribution in [1.82, 2.24) is 15.2 Å². The minimum atomic E-state index is 0.480. The Labute approximate surface area is 129 Å². The summed E-state index contributed by atoms with van der Waals surface area (Å²) in [4.78, 5) is 6.79. The maximum absolute atomic E-state index is 5.48. The molecule has 0 aromatic carbocycles. The molecule has 0 saturated carbocycles. The number of methoxy groups -OCH3 is 1. The first kappa shape index (κ1) is 17.9. The van der Waals surface area contributed by atoms with Crippen LogP contribution < -0.4 is 10.1 Å². The number of hydrogen-bond donors (Lipinski definition) is 1. The summed E-state index contributed by atoms with van der Waals surface area (Å²) in [6, 6.07) is 0.480. The molecule has 1 rings (SSSR count). The molecule has 1 heterocycles. The van der Waals surface area contributed by atoms with E-state index >= 15 is 0 Å². The highest BCUT2D eigenvalue weighted by atomic mass is 16.5. The average molecular weight is 293 g/mol. The molecule has 1 N–H and O–H groups in total. The van der Waals surface area contributed by atoms with Crippen molar-refractivity contribution in [2.75, 3.05) is 27.7 Å². The van der Waals surface area contributed by atoms with Gasteiger partial charge >= 0.3 is 0 Å². The number of hydrogen-bond acceptors (Lipinski definition) is 4. The summed E-state index contributed by atoms with van der Waals surface area (Å²) in [5.74, 6) is 1.64. The Morgan fingerprint density at radius 1 is 1.29 bits per heavy atom. The van der Waals surface area contributed by atoms with Crippen molar-refractivity contribution in [3.05, 3.63) is 23.0 Å². The zero-order chi connectivity index (χ0) is 16.0. The molecule has 0 saturated heterocycles. The summed E-state index contributed by atoms with van der Waals surface area (Å²) in [6.45, 7) is 10.5. The van der Waals surface area contributed by atoms with E-state index in [1.807, 2.05) is 13.1 Å². The largest absolute Gasteiger partial charge is 0.496 e. The van der Waals surface area contributed by atoms with E-state index < -0.39 is 0 Å². The molecule has 1 unspecified atom stereocenters. The molecule has 1 aromatic rings. The van der Waals surface area contributed by atoms with E-state index in [2.05, 4.69) is 50.1 Å². The van der Waals surface area contributed by atoms with Crippen molar-refractivity contribution in [2.45, 2.75) is 46.7 Å². The van der Waals surface area contributed by atoms with E-state index in [9.17, 15) is 0 Å². The second-order valence-electron chi connectivity index (χ2n) is 6.52. The molecule has 21 heavy (non-hydrogen) atoms. The smallest absolute Gasteiger partial charge is 0.128 e. The molecule has 0 radical (unpaired) electrons. The molecule has 0 fully saturated rings. The number of aromatic nitrogens is 1. The number of rotatable bonds is 8. The standard InChI is InChI=1S/C17H31N3O/c1-12(2)8-15(11-20(5)6)18-10-16-14(4)17(21-7)13(3)9-19-16/h9,12,15,18H,8,10-11H2,1-7H3. The summed E-state index contributed by atoms with van der Waals surface area (Å²) in [6.07, 6.45) is 3.06. The lowest BCUT2D eigenvalue weighted by atomic mass is 10.0. The first-order chi connectivity index (χ1) is 9.85. The molecule has 120 valence electrons. The Hall–Kier alpha value is -1.13. The minimum absolute atomic E-state index is 0.480. The van der Waals surface area contributed by atoms with Gasteiger partial charge in [0.2, 0.25) is 0 Å². The minimum Gasteiger partial charge on any atom is -0.496 e. The predicted octanol–water partition coefficient (Wildman–Crippen LogP) is 2.77. The van der Waals surface area contributed by atoms with Gasteiger partial charge in [0.1, 0.15) is 5.75 Å². The molecule has 0 aliphatic heterocycles. The van der Waals surface area contributed by atoms with Crippen LogP contribution in [0.5, 0.6) is 5.75 Å². The first-order valence-electron chi connectivity index (χ1n) is 7.72. The number of likely N-dealkylation sites (N-methyl/N-ethyl adjacent to an activating group) is 1. The third kappa shape index (κ3) is 5.64. The summed E-state index contributed by atoms with van der Waals surface area (Å²) >= 11 is 0. The average Bonchev–Trinajstić information content (AvgIpc) is 2.36. The maximum Gasteiger partial charge on any atom is 0.128 e. The van der Waals surface area contributed by atoms with Crippen LogP contribution in [0.1, 0.15) is 37.1 Å². The molecule has 0 spiro atoms. The van der Waals surface area contributed by atoms with E-state index in [0.29, 0.717) is 12.0 Å². The lowest BCUT2D eigenvalue weighted by Crippen LogP contribution is -2.39. The van der Waals surface area contributed by atoms with Crippen molar-refractivity contribution < 1.29 is 4.74 Å². The number of nitrogens with one attached hydrogen (secondary N) is 1. The Morgan fingerprint density at radius 3 is 2.48 bits per heavy atom. The van der Waals surface area contributed by atoms with Gasteiger partial charge in [-0.05, 0) is 40.3 Å². The van der Waals surface area contributed by atoms with Crippen LogP contribution in [0.25, 0.3) is 0 Å². The maximum atomic E-state index is 5.48. The number of aryl methyl sites for hydroxylation is 1. The highest BCUT2D eigenvalue weighted by Crippen LogP contribution is 2.23. The first-order valence-corrected chi connectivity index (χ1v) is 7.72. The Kier molecular flexibility index (Phi) is 7.12. The molecule has 4 nitrogen and oxygen atoms in total. The molecule has 1 aromatic heterocycles. The Balaban J connectivity index is 2.75. The third-order valence-corrected chi connectivity index (χ3v) is 3.65. The van der Waals surface area contributed by atoms with E-state index in [0.717, 1.165) is 35.7 Å². The normalized spacial score (nSPS) is 13.0. The highest BCUT2D eigenvalue weighted by Gasteiger charge is 2.14. The van der Waals surface area contributed by atoms with Crippen molar-refractivity contribution >= 4 is 0 Å². The summed E-state index contributed by atoms with van der Waals surface area (Å²) in [7, 11) is 5.96. The summed E-state index contributed by atoms with van der Waals surface area (Å²) in [5, 5.41) is 3.65. The van der Waals surface area contributed by atoms with Crippen LogP contribution in [0.15, 0.2) is 6.20 Å². The quantitative estimate of drug-likeness (QED) is 0.800. The Morgan fingerprint density at radius 2 is 1.95 bits per heavy atom. The van der Waals surface area contributed by atoms with E-state index in [-0.39, 0.29) is 0 Å². The van der Waals surface area contributed by atoms with Gasteiger partial charge in [0, 0.05) is 36.5 Å². The summed E-state index contributed by atoms with van der Waals surface area (Å²) < 4.78 is 5.48. The van der Waals surface area contributed by atoms with Crippen LogP contribution >= 0.6 is 0 Å². The third-order valence-electron chi connectivity index (χ3n) is 3.65. The molecule has 1 atom stereocenters. The van der Waals surface area contributed by atoms with Crippen molar-refractivity contribution in [1.29, 1.82) is 0 Å². The van der Waals surface area contributed by atoms with Crippen molar-refractivity contribution in [3.8, 4) is 5.75 Å². The molecular weight excluding hydrogens is 262 g/mol. The van der Waals surface area contributed by atoms with Gasteiger partial charge in [-0.25, -0.2) is 0 Å². The van der Waals surface area contributed by atoms with Gasteiger partial charge in [0.25, 0.3) is 0 Å². The van der Waals surface area contributed by atoms with E-state index in [4.69, 9.17) is 4.74 Å². The fraction of sp³-hybridized carbons (Fsp3) is 0.706.